The Labute approximate surface area is 81.8 Å². The second-order valence-corrected chi connectivity index (χ2v) is 5.30. The average molecular weight is 179 g/mol. The molecular weight excluding hydrogens is 158 g/mol. The largest absolute Gasteiger partial charge is 0.298 e. The predicted octanol–water partition coefficient (Wildman–Crippen LogP) is 2.68. The summed E-state index contributed by atoms with van der Waals surface area (Å²) in [5.41, 5.74) is 2.08. The van der Waals surface area contributed by atoms with E-state index in [0.717, 1.165) is 12.5 Å². The van der Waals surface area contributed by atoms with E-state index < -0.39 is 0 Å². The number of likely N-dealkylation sites (tertiary alicyclic amines) is 1. The summed E-state index contributed by atoms with van der Waals surface area (Å²) in [4.78, 5) is 2.59. The van der Waals surface area contributed by atoms with Gasteiger partial charge in [-0.2, -0.15) is 0 Å². The van der Waals surface area contributed by atoms with E-state index in [-0.39, 0.29) is 0 Å². The molecule has 13 heavy (non-hydrogen) atoms. The zero-order valence-electron chi connectivity index (χ0n) is 8.97. The van der Waals surface area contributed by atoms with Crippen LogP contribution in [-0.4, -0.2) is 24.5 Å². The summed E-state index contributed by atoms with van der Waals surface area (Å²) < 4.78 is 0. The maximum Gasteiger partial charge on any atom is 0.0196 e. The molecule has 0 unspecified atom stereocenters. The summed E-state index contributed by atoms with van der Waals surface area (Å²) in [6, 6.07) is 0. The van der Waals surface area contributed by atoms with E-state index >= 15 is 0 Å². The van der Waals surface area contributed by atoms with Crippen molar-refractivity contribution in [2.24, 2.45) is 11.3 Å². The highest BCUT2D eigenvalue weighted by atomic mass is 15.2. The fraction of sp³-hybridized carbons (Fsp3) is 0.833. The van der Waals surface area contributed by atoms with Crippen molar-refractivity contribution in [3.63, 3.8) is 0 Å². The number of hydrogen-bond donors (Lipinski definition) is 0. The second-order valence-electron chi connectivity index (χ2n) is 5.30. The fourth-order valence-electron chi connectivity index (χ4n) is 2.79. The zero-order valence-corrected chi connectivity index (χ0v) is 8.97. The quantitative estimate of drug-likeness (QED) is 0.589. The molecule has 1 spiro atoms. The van der Waals surface area contributed by atoms with Crippen LogP contribution in [0.5, 0.6) is 0 Å². The Morgan fingerprint density at radius 3 is 2.54 bits per heavy atom. The third-order valence-electron chi connectivity index (χ3n) is 3.62. The molecule has 0 N–H and O–H groups in total. The summed E-state index contributed by atoms with van der Waals surface area (Å²) in [6.07, 6.45) is 4.23. The smallest absolute Gasteiger partial charge is 0.0196 e. The van der Waals surface area contributed by atoms with E-state index in [2.05, 4.69) is 25.3 Å². The van der Waals surface area contributed by atoms with Gasteiger partial charge in [0.25, 0.3) is 0 Å². The molecule has 1 heteroatoms. The lowest BCUT2D eigenvalue weighted by Gasteiger charge is -2.39. The molecule has 0 bridgehead atoms. The Morgan fingerprint density at radius 1 is 1.46 bits per heavy atom. The molecule has 2 aliphatic rings. The van der Waals surface area contributed by atoms with E-state index in [9.17, 15) is 0 Å². The van der Waals surface area contributed by atoms with Crippen LogP contribution in [0, 0.1) is 11.3 Å². The molecule has 74 valence electrons. The predicted molar refractivity (Wildman–Crippen MR) is 56.7 cm³/mol. The van der Waals surface area contributed by atoms with E-state index in [1.807, 2.05) is 0 Å². The Morgan fingerprint density at radius 2 is 2.15 bits per heavy atom. The highest BCUT2D eigenvalue weighted by Crippen LogP contribution is 2.50. The van der Waals surface area contributed by atoms with Crippen LogP contribution in [0.15, 0.2) is 12.2 Å². The van der Waals surface area contributed by atoms with Crippen molar-refractivity contribution in [2.75, 3.05) is 19.6 Å². The Hall–Kier alpha value is -0.300. The lowest BCUT2D eigenvalue weighted by Crippen LogP contribution is -2.34. The Kier molecular flexibility index (Phi) is 2.23. The average Bonchev–Trinajstić information content (AvgIpc) is 2.24. The highest BCUT2D eigenvalue weighted by molar-refractivity contribution is 5.22. The minimum absolute atomic E-state index is 0.564. The molecule has 1 aliphatic heterocycles. The summed E-state index contributed by atoms with van der Waals surface area (Å²) in [5.74, 6) is 0.794. The molecule has 1 nitrogen and oxygen atoms in total. The van der Waals surface area contributed by atoms with Gasteiger partial charge < -0.3 is 0 Å². The van der Waals surface area contributed by atoms with Crippen LogP contribution in [0.1, 0.15) is 33.1 Å². The van der Waals surface area contributed by atoms with Gasteiger partial charge in [0.1, 0.15) is 0 Å². The molecule has 1 saturated carbocycles. The van der Waals surface area contributed by atoms with Crippen molar-refractivity contribution >= 4 is 0 Å². The van der Waals surface area contributed by atoms with Crippen molar-refractivity contribution in [2.45, 2.75) is 33.1 Å². The van der Waals surface area contributed by atoms with Crippen LogP contribution in [0.3, 0.4) is 0 Å². The summed E-state index contributed by atoms with van der Waals surface area (Å²) in [5, 5.41) is 0. The fourth-order valence-corrected chi connectivity index (χ4v) is 2.79. The van der Waals surface area contributed by atoms with Crippen molar-refractivity contribution in [3.05, 3.63) is 12.2 Å². The molecule has 1 heterocycles. The zero-order chi connectivity index (χ0) is 9.47. The lowest BCUT2D eigenvalue weighted by atomic mass is 9.66. The minimum Gasteiger partial charge on any atom is -0.298 e. The van der Waals surface area contributed by atoms with Crippen LogP contribution in [0.2, 0.25) is 0 Å². The normalized spacial score (nSPS) is 27.2. The molecule has 0 aromatic rings. The van der Waals surface area contributed by atoms with Crippen LogP contribution in [0.25, 0.3) is 0 Å². The van der Waals surface area contributed by atoms with Gasteiger partial charge in [-0.05, 0) is 18.8 Å². The third kappa shape index (κ3) is 1.54. The first-order valence-electron chi connectivity index (χ1n) is 5.53. The molecule has 0 atom stereocenters. The monoisotopic (exact) mass is 179 g/mol. The maximum atomic E-state index is 4.25. The van der Waals surface area contributed by atoms with Crippen LogP contribution in [-0.2, 0) is 0 Å². The molecule has 0 aromatic heterocycles. The van der Waals surface area contributed by atoms with Crippen molar-refractivity contribution in [3.8, 4) is 0 Å². The Balaban J connectivity index is 1.95. The molecule has 1 saturated heterocycles. The van der Waals surface area contributed by atoms with Gasteiger partial charge in [-0.25, -0.2) is 0 Å². The van der Waals surface area contributed by atoms with Crippen LogP contribution in [0.4, 0.5) is 0 Å². The van der Waals surface area contributed by atoms with Gasteiger partial charge in [-0.3, -0.25) is 4.90 Å². The molecule has 2 fully saturated rings. The first-order valence-corrected chi connectivity index (χ1v) is 5.53. The summed E-state index contributed by atoms with van der Waals surface area (Å²) in [6.45, 7) is 12.6. The minimum atomic E-state index is 0.564. The molecule has 1 aliphatic carbocycles. The number of nitrogens with zero attached hydrogens (tertiary/aromatic N) is 1. The Bertz CT molecular complexity index is 213. The van der Waals surface area contributed by atoms with Gasteiger partial charge >= 0.3 is 0 Å². The summed E-state index contributed by atoms with van der Waals surface area (Å²) in [7, 11) is 0. The standard InChI is InChI=1S/C12H21N/c1-10(2)7-13-8-11(3)12(9-13)5-4-6-12/h10H,3-9H2,1-2H3. The van der Waals surface area contributed by atoms with Crippen LogP contribution < -0.4 is 0 Å². The number of hydrogen-bond acceptors (Lipinski definition) is 1. The van der Waals surface area contributed by atoms with E-state index in [4.69, 9.17) is 0 Å². The first kappa shape index (κ1) is 9.26. The van der Waals surface area contributed by atoms with Gasteiger partial charge in [-0.1, -0.05) is 32.4 Å². The van der Waals surface area contributed by atoms with E-state index in [0.29, 0.717) is 5.41 Å². The van der Waals surface area contributed by atoms with Crippen molar-refractivity contribution < 1.29 is 0 Å². The SMILES string of the molecule is C=C1CN(CC(C)C)CC12CCC2. The molecule has 0 amide bonds. The topological polar surface area (TPSA) is 3.24 Å². The molecular formula is C12H21N. The van der Waals surface area contributed by atoms with Gasteiger partial charge in [0.05, 0.1) is 0 Å². The second kappa shape index (κ2) is 3.13. The van der Waals surface area contributed by atoms with E-state index in [1.165, 1.54) is 37.9 Å². The van der Waals surface area contributed by atoms with Gasteiger partial charge in [0.15, 0.2) is 0 Å². The molecule has 0 radical (unpaired) electrons. The van der Waals surface area contributed by atoms with E-state index in [1.54, 1.807) is 0 Å². The lowest BCUT2D eigenvalue weighted by molar-refractivity contribution is 0.161. The van der Waals surface area contributed by atoms with Gasteiger partial charge in [-0.15, -0.1) is 0 Å². The van der Waals surface area contributed by atoms with Crippen LogP contribution >= 0.6 is 0 Å². The van der Waals surface area contributed by atoms with Crippen molar-refractivity contribution in [1.29, 1.82) is 0 Å². The third-order valence-corrected chi connectivity index (χ3v) is 3.62. The van der Waals surface area contributed by atoms with Crippen molar-refractivity contribution in [1.82, 2.24) is 4.90 Å². The highest BCUT2D eigenvalue weighted by Gasteiger charge is 2.45. The molecule has 2 rings (SSSR count). The maximum absolute atomic E-state index is 4.25. The van der Waals surface area contributed by atoms with Gasteiger partial charge in [0.2, 0.25) is 0 Å². The number of rotatable bonds is 2. The summed E-state index contributed by atoms with van der Waals surface area (Å²) >= 11 is 0. The first-order chi connectivity index (χ1) is 6.12. The molecule has 0 aromatic carbocycles. The van der Waals surface area contributed by atoms with Gasteiger partial charge in [0, 0.05) is 25.0 Å².